The lowest BCUT2D eigenvalue weighted by molar-refractivity contribution is 0.0484. The van der Waals surface area contributed by atoms with Crippen molar-refractivity contribution in [2.45, 2.75) is 45.7 Å². The van der Waals surface area contributed by atoms with Crippen LogP contribution in [0.25, 0.3) is 10.2 Å². The Morgan fingerprint density at radius 1 is 1.16 bits per heavy atom. The Balaban J connectivity index is 1.42. The highest BCUT2D eigenvalue weighted by molar-refractivity contribution is 7.20. The summed E-state index contributed by atoms with van der Waals surface area (Å²) in [6, 6.07) is 7.84. The first-order valence-electron chi connectivity index (χ1n) is 10.8. The molecule has 1 fully saturated rings. The fourth-order valence-corrected chi connectivity index (χ4v) is 5.96. The molecule has 2 aliphatic heterocycles. The Morgan fingerprint density at radius 2 is 2.00 bits per heavy atom. The van der Waals surface area contributed by atoms with E-state index in [0.717, 1.165) is 60.7 Å². The fourth-order valence-electron chi connectivity index (χ4n) is 4.61. The molecule has 162 valence electrons. The van der Waals surface area contributed by atoms with E-state index in [1.165, 1.54) is 11.3 Å². The van der Waals surface area contributed by atoms with Gasteiger partial charge in [0.25, 0.3) is 11.5 Å². The van der Waals surface area contributed by atoms with E-state index in [1.807, 2.05) is 36.1 Å². The number of nitrogens with zero attached hydrogens (tertiary/aromatic N) is 4. The molecule has 0 spiro atoms. The summed E-state index contributed by atoms with van der Waals surface area (Å²) in [7, 11) is 0. The number of thiophene rings is 1. The van der Waals surface area contributed by atoms with E-state index < -0.39 is 0 Å². The van der Waals surface area contributed by atoms with Gasteiger partial charge >= 0.3 is 0 Å². The Hall–Kier alpha value is -2.22. The standard InChI is InChI=1S/C23H25ClN4O2S/c1-15-19-21(25-18-9-4-5-12-28(18)22(19)29)31-20(15)23(30)27-11-6-10-26(14-27)13-16-7-2-3-8-17(16)24/h2-3,7-8H,4-6,9-14H2,1H3. The van der Waals surface area contributed by atoms with Gasteiger partial charge < -0.3 is 4.90 Å². The normalized spacial score (nSPS) is 17.2. The van der Waals surface area contributed by atoms with Crippen LogP contribution in [0, 0.1) is 6.92 Å². The molecule has 2 aromatic heterocycles. The highest BCUT2D eigenvalue weighted by Gasteiger charge is 2.28. The summed E-state index contributed by atoms with van der Waals surface area (Å²) in [4.78, 5) is 36.7. The minimum Gasteiger partial charge on any atom is -0.325 e. The molecule has 1 aromatic carbocycles. The molecule has 0 radical (unpaired) electrons. The minimum absolute atomic E-state index is 0.00601. The van der Waals surface area contributed by atoms with Crippen molar-refractivity contribution in [3.63, 3.8) is 0 Å². The van der Waals surface area contributed by atoms with Gasteiger partial charge in [-0.1, -0.05) is 29.8 Å². The summed E-state index contributed by atoms with van der Waals surface area (Å²) in [6.45, 7) is 5.52. The Kier molecular flexibility index (Phi) is 5.58. The van der Waals surface area contributed by atoms with Gasteiger partial charge in [-0.05, 0) is 43.4 Å². The van der Waals surface area contributed by atoms with Crippen LogP contribution < -0.4 is 5.56 Å². The molecule has 5 rings (SSSR count). The average molecular weight is 457 g/mol. The summed E-state index contributed by atoms with van der Waals surface area (Å²) in [6.07, 6.45) is 3.80. The quantitative estimate of drug-likeness (QED) is 0.596. The molecule has 4 heterocycles. The van der Waals surface area contributed by atoms with Crippen LogP contribution in [-0.4, -0.2) is 45.0 Å². The van der Waals surface area contributed by atoms with Crippen LogP contribution in [0.1, 0.15) is 45.9 Å². The smallest absolute Gasteiger partial charge is 0.265 e. The number of fused-ring (bicyclic) bond motifs is 2. The molecule has 8 heteroatoms. The molecule has 0 aliphatic carbocycles. The lowest BCUT2D eigenvalue weighted by Crippen LogP contribution is -2.47. The summed E-state index contributed by atoms with van der Waals surface area (Å²) in [5.74, 6) is 0.847. The van der Waals surface area contributed by atoms with Gasteiger partial charge in [-0.2, -0.15) is 0 Å². The molecule has 3 aromatic rings. The van der Waals surface area contributed by atoms with Crippen molar-refractivity contribution < 1.29 is 4.79 Å². The van der Waals surface area contributed by atoms with Crippen LogP contribution in [0.2, 0.25) is 5.02 Å². The number of hydrogen-bond donors (Lipinski definition) is 0. The van der Waals surface area contributed by atoms with Crippen LogP contribution in [0.3, 0.4) is 0 Å². The first kappa shape index (κ1) is 20.7. The number of aromatic nitrogens is 2. The van der Waals surface area contributed by atoms with Gasteiger partial charge in [0.2, 0.25) is 0 Å². The predicted molar refractivity (Wildman–Crippen MR) is 124 cm³/mol. The number of rotatable bonds is 3. The van der Waals surface area contributed by atoms with Crippen LogP contribution in [0.4, 0.5) is 0 Å². The van der Waals surface area contributed by atoms with E-state index in [-0.39, 0.29) is 11.5 Å². The SMILES string of the molecule is Cc1c(C(=O)N2CCCN(Cc3ccccc3Cl)C2)sc2nc3n(c(=O)c12)CCCC3. The largest absolute Gasteiger partial charge is 0.325 e. The third-order valence-corrected chi connectivity index (χ3v) is 7.81. The average Bonchev–Trinajstić information content (AvgIpc) is 3.11. The number of benzene rings is 1. The van der Waals surface area contributed by atoms with Crippen LogP contribution in [0.5, 0.6) is 0 Å². The van der Waals surface area contributed by atoms with Crippen LogP contribution in [0.15, 0.2) is 29.1 Å². The number of carbonyl (C=O) groups excluding carboxylic acids is 1. The Labute approximate surface area is 190 Å². The van der Waals surface area contributed by atoms with Gasteiger partial charge in [-0.3, -0.25) is 19.1 Å². The predicted octanol–water partition coefficient (Wildman–Crippen LogP) is 4.06. The summed E-state index contributed by atoms with van der Waals surface area (Å²) in [5, 5.41) is 1.37. The second kappa shape index (κ2) is 8.37. The van der Waals surface area contributed by atoms with E-state index in [4.69, 9.17) is 16.6 Å². The molecule has 6 nitrogen and oxygen atoms in total. The zero-order valence-corrected chi connectivity index (χ0v) is 19.1. The molecular formula is C23H25ClN4O2S. The number of carbonyl (C=O) groups is 1. The van der Waals surface area contributed by atoms with Crippen molar-refractivity contribution in [2.75, 3.05) is 19.8 Å². The van der Waals surface area contributed by atoms with Crippen molar-refractivity contribution in [3.8, 4) is 0 Å². The molecular weight excluding hydrogens is 432 g/mol. The van der Waals surface area contributed by atoms with Gasteiger partial charge in [0.05, 0.1) is 16.9 Å². The van der Waals surface area contributed by atoms with Crippen molar-refractivity contribution in [1.82, 2.24) is 19.4 Å². The molecule has 0 bridgehead atoms. The lowest BCUT2D eigenvalue weighted by atomic mass is 10.1. The highest BCUT2D eigenvalue weighted by atomic mass is 35.5. The first-order chi connectivity index (χ1) is 15.0. The van der Waals surface area contributed by atoms with Crippen molar-refractivity contribution >= 4 is 39.1 Å². The molecule has 0 N–H and O–H groups in total. The molecule has 1 saturated heterocycles. The molecule has 0 atom stereocenters. The van der Waals surface area contributed by atoms with E-state index in [2.05, 4.69) is 4.90 Å². The second-order valence-electron chi connectivity index (χ2n) is 8.39. The molecule has 2 aliphatic rings. The number of amides is 1. The minimum atomic E-state index is -0.00766. The second-order valence-corrected chi connectivity index (χ2v) is 9.79. The third kappa shape index (κ3) is 3.79. The molecule has 1 amide bonds. The first-order valence-corrected chi connectivity index (χ1v) is 12.0. The maximum Gasteiger partial charge on any atom is 0.265 e. The molecule has 0 unspecified atom stereocenters. The third-order valence-electron chi connectivity index (χ3n) is 6.27. The zero-order chi connectivity index (χ0) is 21.5. The van der Waals surface area contributed by atoms with Gasteiger partial charge in [0, 0.05) is 37.6 Å². The number of hydrogen-bond acceptors (Lipinski definition) is 5. The summed E-state index contributed by atoms with van der Waals surface area (Å²) in [5.41, 5.74) is 1.84. The lowest BCUT2D eigenvalue weighted by Gasteiger charge is -2.35. The zero-order valence-electron chi connectivity index (χ0n) is 17.6. The maximum atomic E-state index is 13.4. The van der Waals surface area contributed by atoms with Gasteiger partial charge in [-0.15, -0.1) is 11.3 Å². The topological polar surface area (TPSA) is 58.4 Å². The maximum absolute atomic E-state index is 13.4. The Bertz CT molecular complexity index is 1220. The van der Waals surface area contributed by atoms with E-state index >= 15 is 0 Å². The Morgan fingerprint density at radius 3 is 2.84 bits per heavy atom. The molecule has 31 heavy (non-hydrogen) atoms. The van der Waals surface area contributed by atoms with Gasteiger partial charge in [-0.25, -0.2) is 4.98 Å². The highest BCUT2D eigenvalue weighted by Crippen LogP contribution is 2.30. The monoisotopic (exact) mass is 456 g/mol. The van der Waals surface area contributed by atoms with Crippen molar-refractivity contribution in [2.24, 2.45) is 0 Å². The van der Waals surface area contributed by atoms with Crippen LogP contribution >= 0.6 is 22.9 Å². The van der Waals surface area contributed by atoms with E-state index in [0.29, 0.717) is 34.9 Å². The van der Waals surface area contributed by atoms with E-state index in [1.54, 1.807) is 4.57 Å². The fraction of sp³-hybridized carbons (Fsp3) is 0.435. The van der Waals surface area contributed by atoms with E-state index in [9.17, 15) is 9.59 Å². The number of aryl methyl sites for hydroxylation is 2. The van der Waals surface area contributed by atoms with Crippen LogP contribution in [-0.2, 0) is 19.5 Å². The van der Waals surface area contributed by atoms with Crippen molar-refractivity contribution in [3.05, 3.63) is 61.5 Å². The van der Waals surface area contributed by atoms with Gasteiger partial charge in [0.1, 0.15) is 10.7 Å². The number of halogens is 1. The summed E-state index contributed by atoms with van der Waals surface area (Å²) < 4.78 is 1.80. The summed E-state index contributed by atoms with van der Waals surface area (Å²) >= 11 is 7.69. The van der Waals surface area contributed by atoms with Gasteiger partial charge in [0.15, 0.2) is 0 Å². The van der Waals surface area contributed by atoms with Crippen molar-refractivity contribution in [1.29, 1.82) is 0 Å². The molecule has 0 saturated carbocycles.